The Labute approximate surface area is 187 Å². The number of carbonyl (C=O) groups is 1. The van der Waals surface area contributed by atoms with Crippen LogP contribution >= 0.6 is 11.8 Å². The quantitative estimate of drug-likeness (QED) is 0.470. The van der Waals surface area contributed by atoms with Gasteiger partial charge in [0.1, 0.15) is 11.6 Å². The van der Waals surface area contributed by atoms with Gasteiger partial charge in [0.15, 0.2) is 0 Å². The van der Waals surface area contributed by atoms with Gasteiger partial charge in [-0.1, -0.05) is 65.9 Å². The molecule has 1 amide bonds. The molecule has 0 aliphatic heterocycles. The van der Waals surface area contributed by atoms with E-state index in [-0.39, 0.29) is 0 Å². The number of ether oxygens (including phenoxy) is 1. The Bertz CT molecular complexity index is 1010. The van der Waals surface area contributed by atoms with Gasteiger partial charge in [0.25, 0.3) is 5.22 Å². The molecule has 0 aliphatic rings. The van der Waals surface area contributed by atoms with Gasteiger partial charge in [-0.05, 0) is 51.3 Å². The number of alkyl carbamates (subject to hydrolysis) is 1. The van der Waals surface area contributed by atoms with E-state index >= 15 is 0 Å². The summed E-state index contributed by atoms with van der Waals surface area (Å²) in [5.74, 6) is 1.09. The molecule has 7 heteroatoms. The molecule has 31 heavy (non-hydrogen) atoms. The van der Waals surface area contributed by atoms with Crippen LogP contribution in [0.3, 0.4) is 0 Å². The monoisotopic (exact) mass is 439 g/mol. The largest absolute Gasteiger partial charge is 0.444 e. The van der Waals surface area contributed by atoms with Crippen molar-refractivity contribution >= 4 is 17.9 Å². The summed E-state index contributed by atoms with van der Waals surface area (Å²) in [7, 11) is 0. The summed E-state index contributed by atoms with van der Waals surface area (Å²) in [6, 6.07) is 15.8. The maximum Gasteiger partial charge on any atom is 0.408 e. The fraction of sp³-hybridized carbons (Fsp3) is 0.375. The lowest BCUT2D eigenvalue weighted by Gasteiger charge is -2.22. The number of hydrogen-bond acceptors (Lipinski definition) is 6. The molecule has 0 fully saturated rings. The molecule has 1 aromatic heterocycles. The van der Waals surface area contributed by atoms with E-state index in [0.717, 1.165) is 11.3 Å². The number of aryl methyl sites for hydroxylation is 2. The highest BCUT2D eigenvalue weighted by molar-refractivity contribution is 7.98. The summed E-state index contributed by atoms with van der Waals surface area (Å²) in [6.07, 6.45) is -0.000156. The molecule has 164 valence electrons. The molecule has 1 atom stereocenters. The second-order valence-corrected chi connectivity index (χ2v) is 9.44. The molecule has 0 saturated carbocycles. The summed E-state index contributed by atoms with van der Waals surface area (Å²) in [4.78, 5) is 12.4. The lowest BCUT2D eigenvalue weighted by molar-refractivity contribution is 0.0494. The zero-order chi connectivity index (χ0) is 22.4. The number of hydrogen-bond donors (Lipinski definition) is 1. The number of nitrogens with zero attached hydrogens (tertiary/aromatic N) is 2. The lowest BCUT2D eigenvalue weighted by atomic mass is 10.1. The van der Waals surface area contributed by atoms with Crippen LogP contribution in [0, 0.1) is 13.8 Å². The van der Waals surface area contributed by atoms with Crippen LogP contribution in [0.4, 0.5) is 4.79 Å². The van der Waals surface area contributed by atoms with E-state index in [1.54, 1.807) is 0 Å². The van der Waals surface area contributed by atoms with Crippen molar-refractivity contribution in [2.24, 2.45) is 0 Å². The topological polar surface area (TPSA) is 77.2 Å². The first-order chi connectivity index (χ1) is 14.7. The van der Waals surface area contributed by atoms with Gasteiger partial charge in [-0.15, -0.1) is 10.2 Å². The first-order valence-corrected chi connectivity index (χ1v) is 11.2. The Morgan fingerprint density at radius 2 is 1.87 bits per heavy atom. The number of amides is 1. The van der Waals surface area contributed by atoms with Gasteiger partial charge in [0.05, 0.1) is 0 Å². The summed E-state index contributed by atoms with van der Waals surface area (Å²) in [6.45, 7) is 9.65. The van der Waals surface area contributed by atoms with Crippen molar-refractivity contribution in [2.75, 3.05) is 0 Å². The standard InChI is InChI=1S/C24H29N3O3S/c1-16-11-12-17(2)19(13-16)15-31-23-27-26-21(29-23)20(14-18-9-7-6-8-10-18)25-22(28)30-24(3,4)5/h6-13,20H,14-15H2,1-5H3,(H,25,28)/t20-/m1/s1. The Morgan fingerprint density at radius 1 is 1.13 bits per heavy atom. The van der Waals surface area contributed by atoms with Gasteiger partial charge in [-0.3, -0.25) is 0 Å². The molecule has 0 saturated heterocycles. The van der Waals surface area contributed by atoms with Gasteiger partial charge in [0, 0.05) is 12.2 Å². The first-order valence-electron chi connectivity index (χ1n) is 10.3. The number of rotatable bonds is 7. The summed E-state index contributed by atoms with van der Waals surface area (Å²) < 4.78 is 11.3. The molecule has 0 unspecified atom stereocenters. The first kappa shape index (κ1) is 22.9. The molecule has 0 bridgehead atoms. The number of benzene rings is 2. The van der Waals surface area contributed by atoms with Crippen molar-refractivity contribution in [1.29, 1.82) is 0 Å². The fourth-order valence-corrected chi connectivity index (χ4v) is 3.85. The number of thioether (sulfide) groups is 1. The van der Waals surface area contributed by atoms with Gasteiger partial charge < -0.3 is 14.5 Å². The second kappa shape index (κ2) is 10.0. The minimum Gasteiger partial charge on any atom is -0.444 e. The van der Waals surface area contributed by atoms with E-state index in [9.17, 15) is 4.79 Å². The molecule has 6 nitrogen and oxygen atoms in total. The molecule has 1 N–H and O–H groups in total. The van der Waals surface area contributed by atoms with E-state index in [0.29, 0.717) is 17.5 Å². The molecule has 0 aliphatic carbocycles. The van der Waals surface area contributed by atoms with E-state index in [2.05, 4.69) is 47.6 Å². The smallest absolute Gasteiger partial charge is 0.408 e. The van der Waals surface area contributed by atoms with Crippen LogP contribution in [-0.2, 0) is 16.9 Å². The van der Waals surface area contributed by atoms with Gasteiger partial charge in [0.2, 0.25) is 5.89 Å². The maximum atomic E-state index is 12.4. The van der Waals surface area contributed by atoms with Crippen molar-refractivity contribution in [3.05, 3.63) is 76.7 Å². The third-order valence-electron chi connectivity index (χ3n) is 4.55. The Kier molecular flexibility index (Phi) is 7.38. The molecule has 0 spiro atoms. The van der Waals surface area contributed by atoms with Crippen molar-refractivity contribution in [1.82, 2.24) is 15.5 Å². The van der Waals surface area contributed by atoms with Crippen molar-refractivity contribution in [3.8, 4) is 0 Å². The normalized spacial score (nSPS) is 12.4. The zero-order valence-corrected chi connectivity index (χ0v) is 19.5. The molecular formula is C24H29N3O3S. The van der Waals surface area contributed by atoms with Crippen LogP contribution in [0.5, 0.6) is 0 Å². The highest BCUT2D eigenvalue weighted by Crippen LogP contribution is 2.27. The number of carbonyl (C=O) groups excluding carboxylic acids is 1. The lowest BCUT2D eigenvalue weighted by Crippen LogP contribution is -2.36. The predicted octanol–water partition coefficient (Wildman–Crippen LogP) is 5.79. The van der Waals surface area contributed by atoms with Crippen LogP contribution in [0.15, 0.2) is 58.2 Å². The van der Waals surface area contributed by atoms with Gasteiger partial charge >= 0.3 is 6.09 Å². The predicted molar refractivity (Wildman–Crippen MR) is 122 cm³/mol. The van der Waals surface area contributed by atoms with Crippen molar-refractivity contribution in [3.63, 3.8) is 0 Å². The minimum absolute atomic E-state index is 0.359. The Balaban J connectivity index is 1.73. The van der Waals surface area contributed by atoms with E-state index in [1.807, 2.05) is 51.1 Å². The highest BCUT2D eigenvalue weighted by atomic mass is 32.2. The third-order valence-corrected chi connectivity index (χ3v) is 5.42. The molecule has 3 rings (SSSR count). The number of aromatic nitrogens is 2. The van der Waals surface area contributed by atoms with E-state index < -0.39 is 17.7 Å². The van der Waals surface area contributed by atoms with Crippen LogP contribution < -0.4 is 5.32 Å². The second-order valence-electron chi connectivity index (χ2n) is 8.51. The van der Waals surface area contributed by atoms with Crippen LogP contribution in [0.25, 0.3) is 0 Å². The molecular weight excluding hydrogens is 410 g/mol. The summed E-state index contributed by atoms with van der Waals surface area (Å²) in [5.41, 5.74) is 4.13. The molecule has 0 radical (unpaired) electrons. The molecule has 2 aromatic carbocycles. The van der Waals surface area contributed by atoms with Crippen LogP contribution in [0.2, 0.25) is 0 Å². The zero-order valence-electron chi connectivity index (χ0n) is 18.6. The molecule has 3 aromatic rings. The minimum atomic E-state index is -0.594. The summed E-state index contributed by atoms with van der Waals surface area (Å²) >= 11 is 1.49. The summed E-state index contributed by atoms with van der Waals surface area (Å²) in [5, 5.41) is 11.7. The number of nitrogens with one attached hydrogen (secondary N) is 1. The van der Waals surface area contributed by atoms with Crippen LogP contribution in [0.1, 0.15) is 55.0 Å². The average Bonchev–Trinajstić information content (AvgIpc) is 3.16. The maximum absolute atomic E-state index is 12.4. The van der Waals surface area contributed by atoms with Crippen molar-refractivity contribution < 1.29 is 13.9 Å². The van der Waals surface area contributed by atoms with Crippen LogP contribution in [-0.4, -0.2) is 21.9 Å². The Morgan fingerprint density at radius 3 is 2.58 bits per heavy atom. The van der Waals surface area contributed by atoms with Gasteiger partial charge in [-0.2, -0.15) is 0 Å². The third kappa shape index (κ3) is 7.14. The van der Waals surface area contributed by atoms with Crippen molar-refractivity contribution in [2.45, 2.75) is 63.7 Å². The fourth-order valence-electron chi connectivity index (χ4n) is 3.01. The van der Waals surface area contributed by atoms with E-state index in [1.165, 1.54) is 28.5 Å². The Hall–Kier alpha value is -2.80. The molecule has 1 heterocycles. The highest BCUT2D eigenvalue weighted by Gasteiger charge is 2.25. The van der Waals surface area contributed by atoms with E-state index in [4.69, 9.17) is 9.15 Å². The SMILES string of the molecule is Cc1ccc(C)c(CSc2nnc([C@@H](Cc3ccccc3)NC(=O)OC(C)(C)C)o2)c1. The average molecular weight is 440 g/mol. The van der Waals surface area contributed by atoms with Gasteiger partial charge in [-0.25, -0.2) is 4.79 Å².